The van der Waals surface area contributed by atoms with Crippen molar-refractivity contribution in [1.82, 2.24) is 20.3 Å². The Kier molecular flexibility index (Phi) is 5.88. The van der Waals surface area contributed by atoms with E-state index in [1.54, 1.807) is 19.2 Å². The van der Waals surface area contributed by atoms with Gasteiger partial charge >= 0.3 is 0 Å². The summed E-state index contributed by atoms with van der Waals surface area (Å²) in [5.74, 6) is 7.39. The summed E-state index contributed by atoms with van der Waals surface area (Å²) in [6.07, 6.45) is 0.696. The number of rotatable bonds is 4. The lowest BCUT2D eigenvalue weighted by Crippen LogP contribution is -2.34. The van der Waals surface area contributed by atoms with Gasteiger partial charge in [-0.25, -0.2) is 0 Å². The number of benzene rings is 1. The third-order valence-electron chi connectivity index (χ3n) is 4.80. The van der Waals surface area contributed by atoms with E-state index in [4.69, 9.17) is 37.6 Å². The highest BCUT2D eigenvalue weighted by Gasteiger charge is 2.37. The molecule has 1 fully saturated rings. The Morgan fingerprint density at radius 3 is 2.83 bits per heavy atom. The molecule has 0 aliphatic carbocycles. The molecule has 0 radical (unpaired) electrons. The number of methoxy groups -OCH3 is 1. The summed E-state index contributed by atoms with van der Waals surface area (Å²) in [7, 11) is 1.64. The summed E-state index contributed by atoms with van der Waals surface area (Å²) in [5, 5.41) is 22.0. The van der Waals surface area contributed by atoms with Gasteiger partial charge in [0.15, 0.2) is 17.3 Å². The van der Waals surface area contributed by atoms with Gasteiger partial charge in [0.25, 0.3) is 5.89 Å². The minimum atomic E-state index is -0.658. The molecule has 1 unspecified atom stereocenters. The number of halogens is 2. The molecule has 2 aromatic heterocycles. The van der Waals surface area contributed by atoms with E-state index in [0.717, 1.165) is 0 Å². The van der Waals surface area contributed by atoms with Crippen molar-refractivity contribution in [2.45, 2.75) is 18.6 Å². The molecule has 8 nitrogen and oxygen atoms in total. The number of aliphatic hydroxyl groups is 1. The Bertz CT molecular complexity index is 1110. The summed E-state index contributed by atoms with van der Waals surface area (Å²) in [4.78, 5) is 6.07. The highest BCUT2D eigenvalue weighted by Crippen LogP contribution is 2.29. The van der Waals surface area contributed by atoms with Crippen molar-refractivity contribution in [1.29, 1.82) is 0 Å². The third-order valence-corrected chi connectivity index (χ3v) is 5.62. The van der Waals surface area contributed by atoms with Crippen molar-refractivity contribution in [2.24, 2.45) is 0 Å². The fourth-order valence-corrected chi connectivity index (χ4v) is 3.46. The van der Waals surface area contributed by atoms with E-state index in [-0.39, 0.29) is 18.3 Å². The van der Waals surface area contributed by atoms with Crippen LogP contribution in [0.2, 0.25) is 10.0 Å². The molecular weight excluding hydrogens is 429 g/mol. The van der Waals surface area contributed by atoms with Crippen LogP contribution in [-0.4, -0.2) is 51.2 Å². The molecule has 0 bridgehead atoms. The molecule has 0 amide bonds. The first-order chi connectivity index (χ1) is 14.5. The maximum Gasteiger partial charge on any atom is 0.278 e. The molecule has 1 N–H and O–H groups in total. The highest BCUT2D eigenvalue weighted by atomic mass is 35.5. The number of ether oxygens (including phenoxy) is 1. The zero-order valence-electron chi connectivity index (χ0n) is 16.0. The van der Waals surface area contributed by atoms with E-state index in [2.05, 4.69) is 32.2 Å². The second kappa shape index (κ2) is 8.58. The van der Waals surface area contributed by atoms with Crippen LogP contribution in [0.5, 0.6) is 0 Å². The first kappa shape index (κ1) is 20.6. The Hall–Kier alpha value is -2.70. The predicted molar refractivity (Wildman–Crippen MR) is 111 cm³/mol. The molecule has 0 saturated carbocycles. The average molecular weight is 446 g/mol. The van der Waals surface area contributed by atoms with Crippen molar-refractivity contribution >= 4 is 29.0 Å². The van der Waals surface area contributed by atoms with Gasteiger partial charge in [-0.05, 0) is 24.3 Å². The van der Waals surface area contributed by atoms with Crippen LogP contribution in [0.15, 0.2) is 34.9 Å². The molecule has 0 spiro atoms. The fourth-order valence-electron chi connectivity index (χ4n) is 3.11. The zero-order valence-corrected chi connectivity index (χ0v) is 17.5. The number of nitrogens with zero attached hydrogens (tertiary/aromatic N) is 5. The lowest BCUT2D eigenvalue weighted by Gasteiger charge is -2.22. The standard InChI is InChI=1S/C20H17Cl2N5O3/c1-29-20(8-7-13-3-2-4-14(21)18(13)22)9-10-27(12-20)17-6-5-15(24-25-17)19-23-16(11-28)26-30-19/h2-6,28H,9-12H2,1H3. The van der Waals surface area contributed by atoms with Crippen LogP contribution in [0, 0.1) is 11.8 Å². The first-order valence-corrected chi connectivity index (χ1v) is 9.84. The number of aliphatic hydroxyl groups excluding tert-OH is 1. The Balaban J connectivity index is 1.51. The molecule has 3 aromatic rings. The molecule has 1 aliphatic rings. The largest absolute Gasteiger partial charge is 0.388 e. The maximum absolute atomic E-state index is 9.04. The Morgan fingerprint density at radius 1 is 1.27 bits per heavy atom. The summed E-state index contributed by atoms with van der Waals surface area (Å²) >= 11 is 12.3. The number of anilines is 1. The van der Waals surface area contributed by atoms with Crippen molar-refractivity contribution in [3.8, 4) is 23.4 Å². The lowest BCUT2D eigenvalue weighted by atomic mass is 10.0. The van der Waals surface area contributed by atoms with E-state index in [0.29, 0.717) is 46.6 Å². The van der Waals surface area contributed by atoms with E-state index in [1.807, 2.05) is 23.1 Å². The van der Waals surface area contributed by atoms with Crippen LogP contribution in [-0.2, 0) is 11.3 Å². The number of hydrogen-bond donors (Lipinski definition) is 1. The average Bonchev–Trinajstić information content (AvgIpc) is 3.43. The fraction of sp³-hybridized carbons (Fsp3) is 0.300. The van der Waals surface area contributed by atoms with E-state index < -0.39 is 5.60 Å². The lowest BCUT2D eigenvalue weighted by molar-refractivity contribution is 0.0602. The van der Waals surface area contributed by atoms with Crippen LogP contribution < -0.4 is 4.90 Å². The van der Waals surface area contributed by atoms with Crippen molar-refractivity contribution in [3.63, 3.8) is 0 Å². The SMILES string of the molecule is COC1(C#Cc2cccc(Cl)c2Cl)CCN(c2ccc(-c3nc(CO)no3)nn2)C1. The van der Waals surface area contributed by atoms with Crippen LogP contribution in [0.4, 0.5) is 5.82 Å². The molecule has 1 aromatic carbocycles. The third kappa shape index (κ3) is 4.11. The van der Waals surface area contributed by atoms with Gasteiger partial charge in [-0.15, -0.1) is 10.2 Å². The minimum Gasteiger partial charge on any atom is -0.388 e. The van der Waals surface area contributed by atoms with Gasteiger partial charge in [0.2, 0.25) is 0 Å². The topological polar surface area (TPSA) is 97.4 Å². The summed E-state index contributed by atoms with van der Waals surface area (Å²) in [6, 6.07) is 8.91. The predicted octanol–water partition coefficient (Wildman–Crippen LogP) is 2.97. The van der Waals surface area contributed by atoms with E-state index >= 15 is 0 Å². The molecule has 10 heteroatoms. The number of aromatic nitrogens is 4. The summed E-state index contributed by atoms with van der Waals surface area (Å²) < 4.78 is 10.8. The van der Waals surface area contributed by atoms with Gasteiger partial charge in [-0.2, -0.15) is 4.98 Å². The second-order valence-corrected chi connectivity index (χ2v) is 7.46. The molecule has 1 aliphatic heterocycles. The maximum atomic E-state index is 9.04. The minimum absolute atomic E-state index is 0.193. The molecule has 154 valence electrons. The summed E-state index contributed by atoms with van der Waals surface area (Å²) in [5.41, 5.74) is 0.428. The summed E-state index contributed by atoms with van der Waals surface area (Å²) in [6.45, 7) is 0.927. The Labute approximate surface area is 182 Å². The van der Waals surface area contributed by atoms with Crippen LogP contribution in [0.3, 0.4) is 0 Å². The van der Waals surface area contributed by atoms with Gasteiger partial charge in [0.1, 0.15) is 12.2 Å². The second-order valence-electron chi connectivity index (χ2n) is 6.67. The normalized spacial score (nSPS) is 18.3. The quantitative estimate of drug-likeness (QED) is 0.611. The van der Waals surface area contributed by atoms with Crippen LogP contribution in [0.25, 0.3) is 11.6 Å². The molecule has 1 saturated heterocycles. The molecule has 3 heterocycles. The first-order valence-electron chi connectivity index (χ1n) is 9.08. The zero-order chi connectivity index (χ0) is 21.1. The van der Waals surface area contributed by atoms with Gasteiger partial charge in [-0.3, -0.25) is 0 Å². The molecule has 1 atom stereocenters. The van der Waals surface area contributed by atoms with Crippen LogP contribution >= 0.6 is 23.2 Å². The molecular formula is C20H17Cl2N5O3. The number of hydrogen-bond acceptors (Lipinski definition) is 8. The smallest absolute Gasteiger partial charge is 0.278 e. The van der Waals surface area contributed by atoms with Gasteiger partial charge < -0.3 is 19.3 Å². The van der Waals surface area contributed by atoms with Crippen LogP contribution in [0.1, 0.15) is 17.8 Å². The highest BCUT2D eigenvalue weighted by molar-refractivity contribution is 6.42. The van der Waals surface area contributed by atoms with Gasteiger partial charge in [0.05, 0.1) is 16.6 Å². The van der Waals surface area contributed by atoms with Crippen molar-refractivity contribution in [2.75, 3.05) is 25.1 Å². The van der Waals surface area contributed by atoms with Crippen molar-refractivity contribution in [3.05, 3.63) is 51.8 Å². The van der Waals surface area contributed by atoms with Gasteiger partial charge in [0, 0.05) is 25.6 Å². The van der Waals surface area contributed by atoms with Gasteiger partial charge in [-0.1, -0.05) is 46.3 Å². The molecule has 4 rings (SSSR count). The van der Waals surface area contributed by atoms with Crippen molar-refractivity contribution < 1.29 is 14.4 Å². The molecule has 30 heavy (non-hydrogen) atoms. The monoisotopic (exact) mass is 445 g/mol. The Morgan fingerprint density at radius 2 is 2.13 bits per heavy atom. The van der Waals surface area contributed by atoms with E-state index in [1.165, 1.54) is 0 Å². The van der Waals surface area contributed by atoms with E-state index in [9.17, 15) is 0 Å².